The summed E-state index contributed by atoms with van der Waals surface area (Å²) < 4.78 is 6.40. The molecule has 2 rings (SSSR count). The SMILES string of the molecule is COCC1(C(=O)NCC(C)(C)c2cccc(Br)c2)CCNCC1. The van der Waals surface area contributed by atoms with Crippen molar-refractivity contribution < 1.29 is 9.53 Å². The molecule has 1 heterocycles. The lowest BCUT2D eigenvalue weighted by Crippen LogP contribution is -2.52. The molecule has 0 spiro atoms. The number of piperidine rings is 1. The molecule has 0 aromatic heterocycles. The van der Waals surface area contributed by atoms with E-state index < -0.39 is 5.41 Å². The minimum absolute atomic E-state index is 0.115. The van der Waals surface area contributed by atoms with E-state index in [2.05, 4.69) is 52.5 Å². The summed E-state index contributed by atoms with van der Waals surface area (Å²) in [5.41, 5.74) is 0.687. The number of nitrogens with one attached hydrogen (secondary N) is 2. The van der Waals surface area contributed by atoms with Crippen LogP contribution in [0.4, 0.5) is 0 Å². The van der Waals surface area contributed by atoms with Gasteiger partial charge >= 0.3 is 0 Å². The fraction of sp³-hybridized carbons (Fsp3) is 0.611. The van der Waals surface area contributed by atoms with Gasteiger partial charge in [0.05, 0.1) is 12.0 Å². The molecule has 128 valence electrons. The minimum atomic E-state index is -0.395. The molecular weight excluding hydrogens is 356 g/mol. The summed E-state index contributed by atoms with van der Waals surface area (Å²) in [6.07, 6.45) is 1.65. The van der Waals surface area contributed by atoms with Crippen LogP contribution in [0.25, 0.3) is 0 Å². The van der Waals surface area contributed by atoms with E-state index in [1.54, 1.807) is 7.11 Å². The monoisotopic (exact) mass is 382 g/mol. The van der Waals surface area contributed by atoms with Gasteiger partial charge in [0, 0.05) is 23.5 Å². The number of ether oxygens (including phenoxy) is 1. The first-order valence-electron chi connectivity index (χ1n) is 8.14. The number of methoxy groups -OCH3 is 1. The average molecular weight is 383 g/mol. The van der Waals surface area contributed by atoms with Gasteiger partial charge in [-0.1, -0.05) is 41.9 Å². The van der Waals surface area contributed by atoms with E-state index in [4.69, 9.17) is 4.74 Å². The summed E-state index contributed by atoms with van der Waals surface area (Å²) in [4.78, 5) is 12.8. The van der Waals surface area contributed by atoms with Gasteiger partial charge in [-0.3, -0.25) is 4.79 Å². The van der Waals surface area contributed by atoms with Crippen LogP contribution in [-0.4, -0.2) is 39.3 Å². The molecular formula is C18H27BrN2O2. The van der Waals surface area contributed by atoms with E-state index in [0.717, 1.165) is 30.4 Å². The number of carbonyl (C=O) groups excluding carboxylic acids is 1. The molecule has 0 bridgehead atoms. The Morgan fingerprint density at radius 1 is 1.39 bits per heavy atom. The molecule has 0 unspecified atom stereocenters. The van der Waals surface area contributed by atoms with Gasteiger partial charge in [-0.25, -0.2) is 0 Å². The molecule has 1 saturated heterocycles. The van der Waals surface area contributed by atoms with Gasteiger partial charge in [-0.15, -0.1) is 0 Å². The van der Waals surface area contributed by atoms with Gasteiger partial charge in [0.25, 0.3) is 0 Å². The Kier molecular flexibility index (Phi) is 6.23. The molecule has 0 atom stereocenters. The maximum absolute atomic E-state index is 12.8. The highest BCUT2D eigenvalue weighted by molar-refractivity contribution is 9.10. The highest BCUT2D eigenvalue weighted by Crippen LogP contribution is 2.30. The highest BCUT2D eigenvalue weighted by Gasteiger charge is 2.40. The molecule has 1 fully saturated rings. The Morgan fingerprint density at radius 3 is 2.70 bits per heavy atom. The first-order chi connectivity index (χ1) is 10.9. The molecule has 0 radical (unpaired) electrons. The van der Waals surface area contributed by atoms with Gasteiger partial charge in [-0.2, -0.15) is 0 Å². The first-order valence-corrected chi connectivity index (χ1v) is 8.93. The fourth-order valence-corrected chi connectivity index (χ4v) is 3.52. The van der Waals surface area contributed by atoms with Gasteiger partial charge in [0.1, 0.15) is 0 Å². The summed E-state index contributed by atoms with van der Waals surface area (Å²) in [6.45, 7) is 7.14. The summed E-state index contributed by atoms with van der Waals surface area (Å²) >= 11 is 3.52. The van der Waals surface area contributed by atoms with Gasteiger partial charge < -0.3 is 15.4 Å². The summed E-state index contributed by atoms with van der Waals surface area (Å²) in [7, 11) is 1.67. The molecule has 1 amide bonds. The van der Waals surface area contributed by atoms with Crippen molar-refractivity contribution in [3.63, 3.8) is 0 Å². The summed E-state index contributed by atoms with van der Waals surface area (Å²) in [5.74, 6) is 0.115. The Balaban J connectivity index is 2.04. The average Bonchev–Trinajstić information content (AvgIpc) is 2.54. The zero-order chi connectivity index (χ0) is 16.9. The smallest absolute Gasteiger partial charge is 0.228 e. The number of amides is 1. The van der Waals surface area contributed by atoms with Crippen molar-refractivity contribution in [3.05, 3.63) is 34.3 Å². The standard InChI is InChI=1S/C18H27BrN2O2/c1-17(2,14-5-4-6-15(19)11-14)12-21-16(22)18(13-23-3)7-9-20-10-8-18/h4-6,11,20H,7-10,12-13H2,1-3H3,(H,21,22). The topological polar surface area (TPSA) is 50.4 Å². The molecule has 0 aliphatic carbocycles. The number of halogens is 1. The lowest BCUT2D eigenvalue weighted by atomic mass is 9.78. The van der Waals surface area contributed by atoms with E-state index >= 15 is 0 Å². The van der Waals surface area contributed by atoms with E-state index in [9.17, 15) is 4.79 Å². The van der Waals surface area contributed by atoms with Gasteiger partial charge in [-0.05, 0) is 43.6 Å². The predicted molar refractivity (Wildman–Crippen MR) is 96.6 cm³/mol. The number of benzene rings is 1. The number of hydrogen-bond acceptors (Lipinski definition) is 3. The maximum atomic E-state index is 12.8. The minimum Gasteiger partial charge on any atom is -0.384 e. The second-order valence-corrected chi connectivity index (χ2v) is 7.96. The number of carbonyl (C=O) groups is 1. The van der Waals surface area contributed by atoms with E-state index in [1.165, 1.54) is 5.56 Å². The van der Waals surface area contributed by atoms with Crippen molar-refractivity contribution in [2.75, 3.05) is 33.4 Å². The van der Waals surface area contributed by atoms with E-state index in [0.29, 0.717) is 13.2 Å². The summed E-state index contributed by atoms with van der Waals surface area (Å²) in [6, 6.07) is 8.26. The van der Waals surface area contributed by atoms with Crippen molar-refractivity contribution in [2.24, 2.45) is 5.41 Å². The Morgan fingerprint density at radius 2 is 2.09 bits per heavy atom. The van der Waals surface area contributed by atoms with Gasteiger partial charge in [0.2, 0.25) is 5.91 Å². The fourth-order valence-electron chi connectivity index (χ4n) is 3.12. The largest absolute Gasteiger partial charge is 0.384 e. The molecule has 23 heavy (non-hydrogen) atoms. The van der Waals surface area contributed by atoms with Crippen molar-refractivity contribution in [2.45, 2.75) is 32.1 Å². The van der Waals surface area contributed by atoms with Crippen molar-refractivity contribution in [1.82, 2.24) is 10.6 Å². The molecule has 5 heteroatoms. The second kappa shape index (κ2) is 7.77. The molecule has 1 aromatic rings. The van der Waals surface area contributed by atoms with Crippen LogP contribution >= 0.6 is 15.9 Å². The van der Waals surface area contributed by atoms with Crippen LogP contribution in [0, 0.1) is 5.41 Å². The zero-order valence-corrected chi connectivity index (χ0v) is 15.8. The van der Waals surface area contributed by atoms with Crippen LogP contribution in [0.3, 0.4) is 0 Å². The normalized spacial score (nSPS) is 17.7. The third-order valence-electron chi connectivity index (χ3n) is 4.76. The maximum Gasteiger partial charge on any atom is 0.228 e. The summed E-state index contributed by atoms with van der Waals surface area (Å²) in [5, 5.41) is 6.49. The molecule has 2 N–H and O–H groups in total. The van der Waals surface area contributed by atoms with Crippen molar-refractivity contribution in [3.8, 4) is 0 Å². The molecule has 1 aliphatic rings. The number of hydrogen-bond donors (Lipinski definition) is 2. The Labute approximate surface area is 147 Å². The molecule has 1 aliphatic heterocycles. The third kappa shape index (κ3) is 4.55. The molecule has 4 nitrogen and oxygen atoms in total. The van der Waals surface area contributed by atoms with Crippen LogP contribution in [0.15, 0.2) is 28.7 Å². The third-order valence-corrected chi connectivity index (χ3v) is 5.25. The van der Waals surface area contributed by atoms with Crippen molar-refractivity contribution >= 4 is 21.8 Å². The van der Waals surface area contributed by atoms with Crippen LogP contribution in [0.5, 0.6) is 0 Å². The Hall–Kier alpha value is -0.910. The Bertz CT molecular complexity index is 534. The molecule has 0 saturated carbocycles. The lowest BCUT2D eigenvalue weighted by molar-refractivity contribution is -0.136. The molecule has 1 aromatic carbocycles. The van der Waals surface area contributed by atoms with Crippen molar-refractivity contribution in [1.29, 1.82) is 0 Å². The van der Waals surface area contributed by atoms with Crippen LogP contribution in [0.1, 0.15) is 32.3 Å². The van der Waals surface area contributed by atoms with E-state index in [1.807, 2.05) is 12.1 Å². The quantitative estimate of drug-likeness (QED) is 0.794. The highest BCUT2D eigenvalue weighted by atomic mass is 79.9. The first kappa shape index (κ1) is 18.4. The zero-order valence-electron chi connectivity index (χ0n) is 14.2. The van der Waals surface area contributed by atoms with Crippen LogP contribution in [-0.2, 0) is 14.9 Å². The lowest BCUT2D eigenvalue weighted by Gasteiger charge is -2.37. The van der Waals surface area contributed by atoms with Crippen LogP contribution in [0.2, 0.25) is 0 Å². The van der Waals surface area contributed by atoms with E-state index in [-0.39, 0.29) is 11.3 Å². The van der Waals surface area contributed by atoms with Crippen LogP contribution < -0.4 is 10.6 Å². The van der Waals surface area contributed by atoms with Gasteiger partial charge in [0.15, 0.2) is 0 Å². The number of rotatable bonds is 6. The predicted octanol–water partition coefficient (Wildman–Crippen LogP) is 2.86. The second-order valence-electron chi connectivity index (χ2n) is 7.04.